The highest BCUT2D eigenvalue weighted by atomic mass is 16.3. The molecule has 0 aliphatic carbocycles. The van der Waals surface area contributed by atoms with Crippen LogP contribution in [0.1, 0.15) is 34.1 Å². The third-order valence-electron chi connectivity index (χ3n) is 1.69. The van der Waals surface area contributed by atoms with Crippen molar-refractivity contribution in [1.82, 2.24) is 5.32 Å². The van der Waals surface area contributed by atoms with E-state index in [2.05, 4.69) is 5.32 Å². The molecule has 0 aliphatic heterocycles. The summed E-state index contributed by atoms with van der Waals surface area (Å²) in [6.45, 7) is 7.35. The number of ketones is 1. The van der Waals surface area contributed by atoms with Crippen LogP contribution in [0.2, 0.25) is 0 Å². The minimum atomic E-state index is -0.611. The van der Waals surface area contributed by atoms with E-state index >= 15 is 0 Å². The number of Topliss-reactive ketones (excluding diaryl/α,β-unsaturated/α-hetero) is 1. The monoisotopic (exact) mass is 173 g/mol. The number of aliphatic hydroxyl groups excluding tert-OH is 1. The van der Waals surface area contributed by atoms with E-state index in [1.807, 2.05) is 13.8 Å². The molecule has 0 aromatic rings. The van der Waals surface area contributed by atoms with E-state index in [-0.39, 0.29) is 11.8 Å². The minimum Gasteiger partial charge on any atom is -0.391 e. The first-order valence-corrected chi connectivity index (χ1v) is 4.45. The molecule has 0 aromatic heterocycles. The maximum atomic E-state index is 11.3. The van der Waals surface area contributed by atoms with Crippen molar-refractivity contribution >= 4 is 5.78 Å². The quantitative estimate of drug-likeness (QED) is 0.644. The van der Waals surface area contributed by atoms with Gasteiger partial charge in [-0.3, -0.25) is 4.79 Å². The molecule has 2 atom stereocenters. The summed E-state index contributed by atoms with van der Waals surface area (Å²) >= 11 is 0. The van der Waals surface area contributed by atoms with Crippen molar-refractivity contribution in [1.29, 1.82) is 0 Å². The number of hydrogen-bond acceptors (Lipinski definition) is 3. The largest absolute Gasteiger partial charge is 0.391 e. The molecular formula is C9H19NO2. The smallest absolute Gasteiger partial charge is 0.152 e. The van der Waals surface area contributed by atoms with E-state index in [1.54, 1.807) is 13.8 Å². The number of carbonyl (C=O) groups excluding carboxylic acids is 1. The summed E-state index contributed by atoms with van der Waals surface area (Å²) in [5.74, 6) is 0.0682. The number of aliphatic hydroxyl groups is 1. The lowest BCUT2D eigenvalue weighted by Crippen LogP contribution is -2.47. The molecule has 0 radical (unpaired) electrons. The molecule has 0 amide bonds. The van der Waals surface area contributed by atoms with Crippen molar-refractivity contribution in [2.75, 3.05) is 0 Å². The van der Waals surface area contributed by atoms with Gasteiger partial charge in [0.25, 0.3) is 0 Å². The highest BCUT2D eigenvalue weighted by molar-refractivity contribution is 5.84. The van der Waals surface area contributed by atoms with Crippen LogP contribution in [-0.2, 0) is 4.79 Å². The van der Waals surface area contributed by atoms with Crippen molar-refractivity contribution in [3.05, 3.63) is 0 Å². The second kappa shape index (κ2) is 5.27. The molecule has 3 heteroatoms. The Kier molecular flexibility index (Phi) is 5.09. The molecule has 2 N–H and O–H groups in total. The van der Waals surface area contributed by atoms with Gasteiger partial charge in [0.15, 0.2) is 5.78 Å². The van der Waals surface area contributed by atoms with Gasteiger partial charge in [-0.05, 0) is 6.92 Å². The average molecular weight is 173 g/mol. The van der Waals surface area contributed by atoms with E-state index in [0.717, 1.165) is 0 Å². The Hall–Kier alpha value is -0.410. The van der Waals surface area contributed by atoms with E-state index in [0.29, 0.717) is 6.42 Å². The predicted molar refractivity (Wildman–Crippen MR) is 49.0 cm³/mol. The van der Waals surface area contributed by atoms with Gasteiger partial charge in [-0.15, -0.1) is 0 Å². The van der Waals surface area contributed by atoms with Crippen LogP contribution in [0.5, 0.6) is 0 Å². The molecule has 0 heterocycles. The summed E-state index contributed by atoms with van der Waals surface area (Å²) in [4.78, 5) is 11.3. The van der Waals surface area contributed by atoms with Gasteiger partial charge in [0.05, 0.1) is 12.1 Å². The zero-order valence-electron chi connectivity index (χ0n) is 8.29. The number of nitrogens with one attached hydrogen (secondary N) is 1. The maximum Gasteiger partial charge on any atom is 0.152 e. The summed E-state index contributed by atoms with van der Waals surface area (Å²) in [6.07, 6.45) is -0.144. The first-order valence-electron chi connectivity index (χ1n) is 4.45. The van der Waals surface area contributed by atoms with Gasteiger partial charge >= 0.3 is 0 Å². The fraction of sp³-hybridized carbons (Fsp3) is 0.889. The first kappa shape index (κ1) is 11.6. The number of carbonyl (C=O) groups is 1. The first-order chi connectivity index (χ1) is 5.49. The van der Waals surface area contributed by atoms with Crippen LogP contribution in [-0.4, -0.2) is 29.1 Å². The lowest BCUT2D eigenvalue weighted by Gasteiger charge is -2.21. The second-order valence-electron chi connectivity index (χ2n) is 3.36. The van der Waals surface area contributed by atoms with Gasteiger partial charge in [0, 0.05) is 12.5 Å². The van der Waals surface area contributed by atoms with Crippen LogP contribution in [0.15, 0.2) is 0 Å². The van der Waals surface area contributed by atoms with Crippen molar-refractivity contribution < 1.29 is 9.90 Å². The molecule has 0 aliphatic rings. The van der Waals surface area contributed by atoms with E-state index in [9.17, 15) is 9.90 Å². The van der Waals surface area contributed by atoms with Crippen LogP contribution in [0.25, 0.3) is 0 Å². The highest BCUT2D eigenvalue weighted by Crippen LogP contribution is 1.99. The van der Waals surface area contributed by atoms with Gasteiger partial charge in [-0.1, -0.05) is 20.8 Å². The molecule has 0 fully saturated rings. The Bertz CT molecular complexity index is 143. The summed E-state index contributed by atoms with van der Waals surface area (Å²) in [5, 5.41) is 12.3. The average Bonchev–Trinajstić information content (AvgIpc) is 1.98. The Morgan fingerprint density at radius 1 is 1.42 bits per heavy atom. The Labute approximate surface area is 74.2 Å². The van der Waals surface area contributed by atoms with Crippen LogP contribution in [0.4, 0.5) is 0 Å². The molecule has 0 saturated heterocycles. The lowest BCUT2D eigenvalue weighted by atomic mass is 10.0. The standard InChI is InChI=1S/C9H19NO2/c1-5-8(12)9(7(4)11)10-6(2)3/h6-7,9-11H,5H2,1-4H3/t7-,9?/m1/s1. The SMILES string of the molecule is CCC(=O)C(NC(C)C)[C@@H](C)O. The summed E-state index contributed by atoms with van der Waals surface area (Å²) in [7, 11) is 0. The van der Waals surface area contributed by atoms with Gasteiger partial charge in [0.1, 0.15) is 0 Å². The van der Waals surface area contributed by atoms with Gasteiger partial charge in [-0.25, -0.2) is 0 Å². The summed E-state index contributed by atoms with van der Waals surface area (Å²) in [6, 6.07) is -0.185. The summed E-state index contributed by atoms with van der Waals surface area (Å²) < 4.78 is 0. The van der Waals surface area contributed by atoms with Crippen LogP contribution < -0.4 is 5.32 Å². The second-order valence-corrected chi connectivity index (χ2v) is 3.36. The molecular weight excluding hydrogens is 154 g/mol. The van der Waals surface area contributed by atoms with E-state index in [1.165, 1.54) is 0 Å². The van der Waals surface area contributed by atoms with Crippen molar-refractivity contribution in [2.24, 2.45) is 0 Å². The molecule has 0 spiro atoms. The fourth-order valence-electron chi connectivity index (χ4n) is 1.08. The minimum absolute atomic E-state index is 0.0682. The maximum absolute atomic E-state index is 11.3. The Balaban J connectivity index is 4.13. The molecule has 0 aromatic carbocycles. The van der Waals surface area contributed by atoms with Crippen LogP contribution in [0, 0.1) is 0 Å². The third-order valence-corrected chi connectivity index (χ3v) is 1.69. The zero-order chi connectivity index (χ0) is 9.72. The zero-order valence-corrected chi connectivity index (χ0v) is 8.29. The van der Waals surface area contributed by atoms with Crippen molar-refractivity contribution in [3.63, 3.8) is 0 Å². The van der Waals surface area contributed by atoms with Gasteiger partial charge < -0.3 is 10.4 Å². The van der Waals surface area contributed by atoms with E-state index < -0.39 is 12.1 Å². The molecule has 1 unspecified atom stereocenters. The Morgan fingerprint density at radius 3 is 2.17 bits per heavy atom. The van der Waals surface area contributed by atoms with Crippen molar-refractivity contribution in [3.8, 4) is 0 Å². The number of hydrogen-bond donors (Lipinski definition) is 2. The van der Waals surface area contributed by atoms with E-state index in [4.69, 9.17) is 0 Å². The van der Waals surface area contributed by atoms with Crippen molar-refractivity contribution in [2.45, 2.75) is 52.3 Å². The lowest BCUT2D eigenvalue weighted by molar-refractivity contribution is -0.123. The Morgan fingerprint density at radius 2 is 1.92 bits per heavy atom. The molecule has 0 saturated carbocycles. The molecule has 0 rings (SSSR count). The van der Waals surface area contributed by atoms with Gasteiger partial charge in [-0.2, -0.15) is 0 Å². The van der Waals surface area contributed by atoms with Crippen LogP contribution in [0.3, 0.4) is 0 Å². The molecule has 12 heavy (non-hydrogen) atoms. The normalized spacial score (nSPS) is 16.2. The fourth-order valence-corrected chi connectivity index (χ4v) is 1.08. The topological polar surface area (TPSA) is 49.3 Å². The van der Waals surface area contributed by atoms with Crippen LogP contribution >= 0.6 is 0 Å². The molecule has 72 valence electrons. The third kappa shape index (κ3) is 3.83. The highest BCUT2D eigenvalue weighted by Gasteiger charge is 2.21. The molecule has 0 bridgehead atoms. The molecule has 3 nitrogen and oxygen atoms in total. The summed E-state index contributed by atoms with van der Waals surface area (Å²) in [5.41, 5.74) is 0. The number of rotatable bonds is 5. The van der Waals surface area contributed by atoms with Gasteiger partial charge in [0.2, 0.25) is 0 Å². The predicted octanol–water partition coefficient (Wildman–Crippen LogP) is 0.713.